The van der Waals surface area contributed by atoms with E-state index < -0.39 is 0 Å². The van der Waals surface area contributed by atoms with Crippen LogP contribution in [0.2, 0.25) is 0 Å². The molecule has 3 heteroatoms. The first-order chi connectivity index (χ1) is 5.88. The van der Waals surface area contributed by atoms with Crippen LogP contribution in [0.25, 0.3) is 12.2 Å². The van der Waals surface area contributed by atoms with E-state index >= 15 is 0 Å². The third kappa shape index (κ3) is 5.07. The Morgan fingerprint density at radius 3 is 2.31 bits per heavy atom. The van der Waals surface area contributed by atoms with E-state index in [-0.39, 0.29) is 32.7 Å². The van der Waals surface area contributed by atoms with Crippen molar-refractivity contribution in [2.45, 2.75) is 13.8 Å². The standard InChI is InChI=1S/C8H7N2.C2H6.Y/c1-3-7-5-9-6-10-8(7)4-2;1-2;/h3-5H,1-2H2;1-2H3;/q-1;;. The SMILES string of the molecule is C=Cc1cn[c-]nc1C=C.CC.[Y]. The average Bonchev–Trinajstić information content (AvgIpc) is 2.20. The van der Waals surface area contributed by atoms with Gasteiger partial charge in [-0.2, -0.15) is 0 Å². The molecule has 0 N–H and O–H groups in total. The summed E-state index contributed by atoms with van der Waals surface area (Å²) in [5, 5.41) is 0. The van der Waals surface area contributed by atoms with Crippen LogP contribution in [0.5, 0.6) is 0 Å². The fourth-order valence-corrected chi connectivity index (χ4v) is 0.633. The molecule has 0 spiro atoms. The van der Waals surface area contributed by atoms with E-state index in [4.69, 9.17) is 0 Å². The molecule has 1 radical (unpaired) electrons. The van der Waals surface area contributed by atoms with E-state index in [1.807, 2.05) is 13.8 Å². The third-order valence-corrected chi connectivity index (χ3v) is 1.14. The second kappa shape index (κ2) is 9.75. The van der Waals surface area contributed by atoms with Gasteiger partial charge in [-0.15, -0.1) is 13.2 Å². The molecule has 0 bridgehead atoms. The molecule has 1 rings (SSSR count). The van der Waals surface area contributed by atoms with Crippen molar-refractivity contribution in [2.75, 3.05) is 0 Å². The summed E-state index contributed by atoms with van der Waals surface area (Å²) < 4.78 is 0. The molecule has 0 saturated heterocycles. The Kier molecular flexibility index (Phi) is 11.4. The topological polar surface area (TPSA) is 25.8 Å². The normalized spacial score (nSPS) is 7.23. The van der Waals surface area contributed by atoms with Gasteiger partial charge in [0.15, 0.2) is 0 Å². The smallest absolute Gasteiger partial charge is 0.0219 e. The van der Waals surface area contributed by atoms with Crippen molar-refractivity contribution in [3.63, 3.8) is 0 Å². The van der Waals surface area contributed by atoms with Gasteiger partial charge in [-0.05, 0) is 5.69 Å². The van der Waals surface area contributed by atoms with Gasteiger partial charge in [0, 0.05) is 39.0 Å². The Morgan fingerprint density at radius 2 is 1.92 bits per heavy atom. The molecule has 0 aliphatic rings. The first-order valence-electron chi connectivity index (χ1n) is 3.86. The van der Waals surface area contributed by atoms with E-state index in [1.165, 1.54) is 0 Å². The molecule has 1 aromatic heterocycles. The van der Waals surface area contributed by atoms with Crippen LogP contribution in [0.3, 0.4) is 0 Å². The quantitative estimate of drug-likeness (QED) is 0.754. The monoisotopic (exact) mass is 250 g/mol. The summed E-state index contributed by atoms with van der Waals surface area (Å²) in [4.78, 5) is 7.55. The maximum atomic E-state index is 3.84. The van der Waals surface area contributed by atoms with Gasteiger partial charge in [0.25, 0.3) is 0 Å². The zero-order chi connectivity index (χ0) is 9.40. The van der Waals surface area contributed by atoms with E-state index in [0.717, 1.165) is 11.3 Å². The molecule has 2 nitrogen and oxygen atoms in total. The molecule has 0 aliphatic heterocycles. The van der Waals surface area contributed by atoms with Crippen molar-refractivity contribution >= 4 is 12.2 Å². The zero-order valence-corrected chi connectivity index (χ0v) is 11.0. The molecule has 0 unspecified atom stereocenters. The summed E-state index contributed by atoms with van der Waals surface area (Å²) in [7, 11) is 0. The zero-order valence-electron chi connectivity index (χ0n) is 8.12. The third-order valence-electron chi connectivity index (χ3n) is 1.14. The van der Waals surface area contributed by atoms with Crippen molar-refractivity contribution in [1.29, 1.82) is 0 Å². The van der Waals surface area contributed by atoms with E-state index in [1.54, 1.807) is 18.3 Å². The van der Waals surface area contributed by atoms with Crippen molar-refractivity contribution in [3.8, 4) is 0 Å². The minimum atomic E-state index is 0. The first-order valence-corrected chi connectivity index (χ1v) is 3.86. The van der Waals surface area contributed by atoms with Gasteiger partial charge in [-0.25, -0.2) is 0 Å². The van der Waals surface area contributed by atoms with Crippen molar-refractivity contribution in [2.24, 2.45) is 0 Å². The molecule has 0 fully saturated rings. The Balaban J connectivity index is 0. The number of nitrogens with zero attached hydrogens (tertiary/aromatic N) is 2. The molecular formula is C10H13N2Y-. The van der Waals surface area contributed by atoms with Crippen LogP contribution in [-0.2, 0) is 32.7 Å². The molecule has 0 saturated carbocycles. The van der Waals surface area contributed by atoms with Gasteiger partial charge >= 0.3 is 0 Å². The fraction of sp³-hybridized carbons (Fsp3) is 0.200. The van der Waals surface area contributed by atoms with E-state index in [9.17, 15) is 0 Å². The number of aromatic nitrogens is 2. The van der Waals surface area contributed by atoms with Crippen LogP contribution >= 0.6 is 0 Å². The Hall–Kier alpha value is -0.336. The molecule has 0 amide bonds. The van der Waals surface area contributed by atoms with Crippen LogP contribution in [-0.4, -0.2) is 9.97 Å². The first kappa shape index (κ1) is 15.2. The molecule has 67 valence electrons. The predicted molar refractivity (Wildman–Crippen MR) is 52.4 cm³/mol. The number of hydrogen-bond donors (Lipinski definition) is 0. The minimum Gasteiger partial charge on any atom is -0.374 e. The number of hydrogen-bond acceptors (Lipinski definition) is 2. The molecule has 0 atom stereocenters. The summed E-state index contributed by atoms with van der Waals surface area (Å²) in [6.07, 6.45) is 7.45. The molecule has 0 aliphatic carbocycles. The predicted octanol–water partition coefficient (Wildman–Crippen LogP) is 2.59. The summed E-state index contributed by atoms with van der Waals surface area (Å²) >= 11 is 0. The van der Waals surface area contributed by atoms with Crippen LogP contribution < -0.4 is 0 Å². The van der Waals surface area contributed by atoms with E-state index in [0.29, 0.717) is 0 Å². The van der Waals surface area contributed by atoms with Crippen LogP contribution in [0.4, 0.5) is 0 Å². The van der Waals surface area contributed by atoms with Crippen molar-refractivity contribution in [1.82, 2.24) is 9.97 Å². The molecule has 13 heavy (non-hydrogen) atoms. The summed E-state index contributed by atoms with van der Waals surface area (Å²) in [6, 6.07) is 0. The second-order valence-electron chi connectivity index (χ2n) is 1.72. The van der Waals surface area contributed by atoms with Crippen LogP contribution in [0.15, 0.2) is 19.4 Å². The van der Waals surface area contributed by atoms with Crippen LogP contribution in [0, 0.1) is 6.33 Å². The second-order valence-corrected chi connectivity index (χ2v) is 1.72. The Labute approximate surface area is 105 Å². The Bertz CT molecular complexity index is 232. The fourth-order valence-electron chi connectivity index (χ4n) is 0.633. The van der Waals surface area contributed by atoms with Gasteiger partial charge in [0.2, 0.25) is 0 Å². The molecular weight excluding hydrogens is 237 g/mol. The van der Waals surface area contributed by atoms with Gasteiger partial charge in [-0.1, -0.05) is 37.8 Å². The maximum Gasteiger partial charge on any atom is 0.0219 e. The van der Waals surface area contributed by atoms with Gasteiger partial charge < -0.3 is 9.97 Å². The summed E-state index contributed by atoms with van der Waals surface area (Å²) in [6.45, 7) is 11.2. The molecule has 1 aromatic rings. The van der Waals surface area contributed by atoms with Gasteiger partial charge in [-0.3, -0.25) is 0 Å². The van der Waals surface area contributed by atoms with Gasteiger partial charge in [0.05, 0.1) is 0 Å². The van der Waals surface area contributed by atoms with Gasteiger partial charge in [0.1, 0.15) is 0 Å². The van der Waals surface area contributed by atoms with Crippen molar-refractivity contribution in [3.05, 3.63) is 36.9 Å². The minimum absolute atomic E-state index is 0. The van der Waals surface area contributed by atoms with Crippen molar-refractivity contribution < 1.29 is 32.7 Å². The largest absolute Gasteiger partial charge is 0.374 e. The molecule has 0 aromatic carbocycles. The Morgan fingerprint density at radius 1 is 1.31 bits per heavy atom. The van der Waals surface area contributed by atoms with Crippen LogP contribution in [0.1, 0.15) is 25.1 Å². The average molecular weight is 250 g/mol. The summed E-state index contributed by atoms with van der Waals surface area (Å²) in [5.74, 6) is 0. The summed E-state index contributed by atoms with van der Waals surface area (Å²) in [5.41, 5.74) is 1.65. The molecule has 1 heterocycles. The number of rotatable bonds is 2. The maximum absolute atomic E-state index is 3.84. The van der Waals surface area contributed by atoms with E-state index in [2.05, 4.69) is 29.5 Å².